The number of anilines is 1. The van der Waals surface area contributed by atoms with Gasteiger partial charge in [0.05, 0.1) is 6.33 Å². The summed E-state index contributed by atoms with van der Waals surface area (Å²) >= 11 is 0. The van der Waals surface area contributed by atoms with Crippen molar-refractivity contribution in [1.29, 1.82) is 0 Å². The number of H-pyrrole nitrogens is 2. The number of hydrogen-bond acceptors (Lipinski definition) is 4. The number of unbranched alkanes of at least 4 members (excludes halogenated alkanes) is 2. The average molecular weight is 263 g/mol. The van der Waals surface area contributed by atoms with Crippen LogP contribution in [0.25, 0.3) is 11.2 Å². The maximum absolute atomic E-state index is 11.6. The molecule has 2 aromatic heterocycles. The first kappa shape index (κ1) is 13.6. The van der Waals surface area contributed by atoms with Gasteiger partial charge in [0.25, 0.3) is 0 Å². The van der Waals surface area contributed by atoms with E-state index < -0.39 is 0 Å². The van der Waals surface area contributed by atoms with Crippen LogP contribution in [-0.2, 0) is 0 Å². The van der Waals surface area contributed by atoms with E-state index in [0.717, 1.165) is 50.1 Å². The minimum absolute atomic E-state index is 0.340. The Kier molecular flexibility index (Phi) is 4.54. The zero-order valence-corrected chi connectivity index (χ0v) is 11.6. The Morgan fingerprint density at radius 2 is 1.89 bits per heavy atom. The first-order valence-electron chi connectivity index (χ1n) is 6.94. The Balaban J connectivity index is 2.35. The van der Waals surface area contributed by atoms with Crippen molar-refractivity contribution in [3.05, 3.63) is 16.8 Å². The van der Waals surface area contributed by atoms with Gasteiger partial charge in [-0.1, -0.05) is 26.7 Å². The van der Waals surface area contributed by atoms with Gasteiger partial charge in [-0.2, -0.15) is 4.98 Å². The van der Waals surface area contributed by atoms with Crippen molar-refractivity contribution in [2.24, 2.45) is 0 Å². The molecule has 0 aliphatic heterocycles. The Morgan fingerprint density at radius 1 is 1.21 bits per heavy atom. The molecule has 0 bridgehead atoms. The SMILES string of the molecule is CCCCN(CCCC)c1nc(=O)[nH]c2nc[nH]c12. The standard InChI is InChI=1S/C13H21N5O/c1-3-5-7-18(8-6-4-2)12-10-11(15-9-14-10)16-13(19)17-12/h9H,3-8H2,1-2H3,(H2,14,15,16,17,19). The molecule has 0 unspecified atom stereocenters. The Hall–Kier alpha value is -1.85. The van der Waals surface area contributed by atoms with E-state index in [9.17, 15) is 4.79 Å². The van der Waals surface area contributed by atoms with Gasteiger partial charge in [-0.25, -0.2) is 9.78 Å². The number of hydrogen-bond donors (Lipinski definition) is 2. The van der Waals surface area contributed by atoms with E-state index >= 15 is 0 Å². The molecular weight excluding hydrogens is 242 g/mol. The van der Waals surface area contributed by atoms with Crippen molar-refractivity contribution in [2.75, 3.05) is 18.0 Å². The van der Waals surface area contributed by atoms with Gasteiger partial charge in [0.15, 0.2) is 11.5 Å². The van der Waals surface area contributed by atoms with Gasteiger partial charge in [-0.15, -0.1) is 0 Å². The van der Waals surface area contributed by atoms with E-state index in [1.807, 2.05) is 0 Å². The summed E-state index contributed by atoms with van der Waals surface area (Å²) < 4.78 is 0. The molecule has 0 aliphatic carbocycles. The minimum Gasteiger partial charge on any atom is -0.355 e. The molecule has 0 fully saturated rings. The molecule has 104 valence electrons. The highest BCUT2D eigenvalue weighted by molar-refractivity contribution is 5.82. The molecule has 0 spiro atoms. The summed E-state index contributed by atoms with van der Waals surface area (Å²) in [6.07, 6.45) is 6.02. The minimum atomic E-state index is -0.340. The fourth-order valence-electron chi connectivity index (χ4n) is 2.09. The maximum atomic E-state index is 11.6. The van der Waals surface area contributed by atoms with Crippen molar-refractivity contribution < 1.29 is 0 Å². The van der Waals surface area contributed by atoms with E-state index in [2.05, 4.69) is 38.7 Å². The molecule has 0 amide bonds. The molecule has 2 aromatic rings. The second-order valence-electron chi connectivity index (χ2n) is 4.69. The molecule has 0 saturated carbocycles. The number of imidazole rings is 1. The predicted molar refractivity (Wildman–Crippen MR) is 76.5 cm³/mol. The van der Waals surface area contributed by atoms with Crippen LogP contribution in [0.2, 0.25) is 0 Å². The number of fused-ring (bicyclic) bond motifs is 1. The van der Waals surface area contributed by atoms with Crippen LogP contribution in [0.3, 0.4) is 0 Å². The third-order valence-corrected chi connectivity index (χ3v) is 3.16. The normalized spacial score (nSPS) is 11.1. The Bertz CT molecular complexity index is 566. The highest BCUT2D eigenvalue weighted by Gasteiger charge is 2.14. The van der Waals surface area contributed by atoms with Crippen molar-refractivity contribution in [1.82, 2.24) is 19.9 Å². The van der Waals surface area contributed by atoms with Crippen molar-refractivity contribution in [3.63, 3.8) is 0 Å². The fourth-order valence-corrected chi connectivity index (χ4v) is 2.09. The first-order chi connectivity index (χ1) is 9.26. The Labute approximate surface area is 112 Å². The van der Waals surface area contributed by atoms with Crippen LogP contribution < -0.4 is 10.6 Å². The number of rotatable bonds is 7. The lowest BCUT2D eigenvalue weighted by molar-refractivity contribution is 0.671. The predicted octanol–water partition coefficient (Wildman–Crippen LogP) is 2.05. The van der Waals surface area contributed by atoms with Crippen LogP contribution in [-0.4, -0.2) is 33.0 Å². The van der Waals surface area contributed by atoms with Crippen LogP contribution in [0.1, 0.15) is 39.5 Å². The van der Waals surface area contributed by atoms with Gasteiger partial charge in [-0.3, -0.25) is 4.98 Å². The molecule has 0 radical (unpaired) electrons. The Morgan fingerprint density at radius 3 is 2.53 bits per heavy atom. The topological polar surface area (TPSA) is 77.7 Å². The van der Waals surface area contributed by atoms with Crippen LogP contribution in [0.5, 0.6) is 0 Å². The molecule has 0 aliphatic rings. The summed E-state index contributed by atoms with van der Waals surface area (Å²) in [7, 11) is 0. The van der Waals surface area contributed by atoms with Gasteiger partial charge in [-0.05, 0) is 12.8 Å². The lowest BCUT2D eigenvalue weighted by Crippen LogP contribution is -2.29. The molecule has 0 aromatic carbocycles. The molecule has 2 heterocycles. The smallest absolute Gasteiger partial charge is 0.348 e. The third-order valence-electron chi connectivity index (χ3n) is 3.16. The van der Waals surface area contributed by atoms with Gasteiger partial charge in [0, 0.05) is 13.1 Å². The quantitative estimate of drug-likeness (QED) is 0.801. The van der Waals surface area contributed by atoms with Crippen LogP contribution in [0, 0.1) is 0 Å². The van der Waals surface area contributed by atoms with Crippen molar-refractivity contribution >= 4 is 17.0 Å². The molecule has 6 heteroatoms. The largest absolute Gasteiger partial charge is 0.355 e. The summed E-state index contributed by atoms with van der Waals surface area (Å²) in [5.74, 6) is 0.721. The van der Waals surface area contributed by atoms with Crippen LogP contribution in [0.15, 0.2) is 11.1 Å². The number of nitrogens with one attached hydrogen (secondary N) is 2. The van der Waals surface area contributed by atoms with Gasteiger partial charge in [0.1, 0.15) is 5.52 Å². The van der Waals surface area contributed by atoms with Crippen molar-refractivity contribution in [3.8, 4) is 0 Å². The molecule has 19 heavy (non-hydrogen) atoms. The van der Waals surface area contributed by atoms with Gasteiger partial charge in [0.2, 0.25) is 0 Å². The summed E-state index contributed by atoms with van der Waals surface area (Å²) in [4.78, 5) is 27.7. The molecule has 2 N–H and O–H groups in total. The third kappa shape index (κ3) is 3.13. The second-order valence-corrected chi connectivity index (χ2v) is 4.69. The highest BCUT2D eigenvalue weighted by Crippen LogP contribution is 2.19. The van der Waals surface area contributed by atoms with Crippen molar-refractivity contribution in [2.45, 2.75) is 39.5 Å². The number of aromatic amines is 2. The van der Waals surface area contributed by atoms with Gasteiger partial charge < -0.3 is 9.88 Å². The molecule has 2 rings (SSSR count). The number of nitrogens with zero attached hydrogens (tertiary/aromatic N) is 3. The highest BCUT2D eigenvalue weighted by atomic mass is 16.1. The monoisotopic (exact) mass is 263 g/mol. The lowest BCUT2D eigenvalue weighted by Gasteiger charge is -2.23. The van der Waals surface area contributed by atoms with E-state index in [1.165, 1.54) is 0 Å². The molecule has 0 saturated heterocycles. The van der Waals surface area contributed by atoms with E-state index in [4.69, 9.17) is 0 Å². The molecule has 6 nitrogen and oxygen atoms in total. The zero-order valence-electron chi connectivity index (χ0n) is 11.6. The fraction of sp³-hybridized carbons (Fsp3) is 0.615. The second kappa shape index (κ2) is 6.36. The average Bonchev–Trinajstić information content (AvgIpc) is 2.86. The van der Waals surface area contributed by atoms with Gasteiger partial charge >= 0.3 is 5.69 Å². The van der Waals surface area contributed by atoms with E-state index in [0.29, 0.717) is 5.65 Å². The first-order valence-corrected chi connectivity index (χ1v) is 6.94. The zero-order chi connectivity index (χ0) is 13.7. The van der Waals surface area contributed by atoms with Crippen LogP contribution >= 0.6 is 0 Å². The molecule has 0 atom stereocenters. The maximum Gasteiger partial charge on any atom is 0.348 e. The van der Waals surface area contributed by atoms with E-state index in [-0.39, 0.29) is 5.69 Å². The summed E-state index contributed by atoms with van der Waals surface area (Å²) in [5.41, 5.74) is 1.05. The molecular formula is C13H21N5O. The summed E-state index contributed by atoms with van der Waals surface area (Å²) in [6, 6.07) is 0. The van der Waals surface area contributed by atoms with E-state index in [1.54, 1.807) is 6.33 Å². The number of aromatic nitrogens is 4. The van der Waals surface area contributed by atoms with Crippen LogP contribution in [0.4, 0.5) is 5.82 Å². The summed E-state index contributed by atoms with van der Waals surface area (Å²) in [6.45, 7) is 6.16. The lowest BCUT2D eigenvalue weighted by atomic mass is 10.2. The summed E-state index contributed by atoms with van der Waals surface area (Å²) in [5, 5.41) is 0.